The minimum absolute atomic E-state index is 0.0817. The molecule has 3 aromatic heterocycles. The molecule has 4 heteroatoms. The molecule has 3 rings (SSSR count). The monoisotopic (exact) mass is 185 g/mol. The van der Waals surface area contributed by atoms with Gasteiger partial charge in [0.2, 0.25) is 0 Å². The fourth-order valence-electron chi connectivity index (χ4n) is 1.70. The Labute approximate surface area is 78.6 Å². The van der Waals surface area contributed by atoms with Crippen molar-refractivity contribution < 1.29 is 0 Å². The molecule has 0 unspecified atom stereocenters. The number of hydrogen-bond donors (Lipinski definition) is 2. The number of rotatable bonds is 0. The standard InChI is InChI=1S/C10H7N3O/c14-10-9-6-5-11-3-1-7(6)13-8(9)2-4-12-10/h1-5,13H,(H,12,14). The summed E-state index contributed by atoms with van der Waals surface area (Å²) in [4.78, 5) is 21.4. The van der Waals surface area contributed by atoms with Crippen molar-refractivity contribution in [3.8, 4) is 0 Å². The van der Waals surface area contributed by atoms with Gasteiger partial charge >= 0.3 is 0 Å². The van der Waals surface area contributed by atoms with Crippen LogP contribution in [0.3, 0.4) is 0 Å². The van der Waals surface area contributed by atoms with Crippen molar-refractivity contribution in [2.75, 3.05) is 0 Å². The van der Waals surface area contributed by atoms with E-state index in [1.165, 1.54) is 0 Å². The number of nitrogens with zero attached hydrogens (tertiary/aromatic N) is 1. The van der Waals surface area contributed by atoms with Crippen molar-refractivity contribution in [1.29, 1.82) is 0 Å². The number of hydrogen-bond acceptors (Lipinski definition) is 2. The van der Waals surface area contributed by atoms with Gasteiger partial charge in [0, 0.05) is 29.5 Å². The molecule has 0 radical (unpaired) electrons. The van der Waals surface area contributed by atoms with Crippen LogP contribution in [0.25, 0.3) is 21.8 Å². The quantitative estimate of drug-likeness (QED) is 0.556. The van der Waals surface area contributed by atoms with Gasteiger partial charge in [-0.15, -0.1) is 0 Å². The zero-order valence-electron chi connectivity index (χ0n) is 7.24. The van der Waals surface area contributed by atoms with Gasteiger partial charge in [0.15, 0.2) is 0 Å². The van der Waals surface area contributed by atoms with E-state index in [1.54, 1.807) is 18.6 Å². The third-order valence-corrected chi connectivity index (χ3v) is 2.32. The van der Waals surface area contributed by atoms with E-state index >= 15 is 0 Å². The molecule has 0 fully saturated rings. The second-order valence-corrected chi connectivity index (χ2v) is 3.14. The average molecular weight is 185 g/mol. The lowest BCUT2D eigenvalue weighted by molar-refractivity contribution is 1.28. The van der Waals surface area contributed by atoms with Gasteiger partial charge in [-0.2, -0.15) is 0 Å². The van der Waals surface area contributed by atoms with E-state index in [0.717, 1.165) is 16.4 Å². The molecule has 0 saturated carbocycles. The molecule has 0 amide bonds. The third kappa shape index (κ3) is 0.821. The highest BCUT2D eigenvalue weighted by Gasteiger charge is 2.05. The van der Waals surface area contributed by atoms with Gasteiger partial charge in [-0.3, -0.25) is 9.78 Å². The van der Waals surface area contributed by atoms with Gasteiger partial charge in [0.25, 0.3) is 5.56 Å². The lowest BCUT2D eigenvalue weighted by Gasteiger charge is -1.87. The average Bonchev–Trinajstić information content (AvgIpc) is 2.57. The van der Waals surface area contributed by atoms with E-state index < -0.39 is 0 Å². The van der Waals surface area contributed by atoms with E-state index in [1.807, 2.05) is 12.1 Å². The van der Waals surface area contributed by atoms with Crippen molar-refractivity contribution in [2.45, 2.75) is 0 Å². The molecule has 0 aliphatic carbocycles. The molecular formula is C10H7N3O. The van der Waals surface area contributed by atoms with Crippen molar-refractivity contribution in [1.82, 2.24) is 15.0 Å². The summed E-state index contributed by atoms with van der Waals surface area (Å²) >= 11 is 0. The second kappa shape index (κ2) is 2.45. The van der Waals surface area contributed by atoms with Crippen LogP contribution < -0.4 is 5.56 Å². The van der Waals surface area contributed by atoms with Gasteiger partial charge in [-0.05, 0) is 12.1 Å². The summed E-state index contributed by atoms with van der Waals surface area (Å²) in [5, 5.41) is 1.54. The summed E-state index contributed by atoms with van der Waals surface area (Å²) in [6, 6.07) is 3.70. The highest BCUT2D eigenvalue weighted by Crippen LogP contribution is 2.19. The molecule has 3 heterocycles. The van der Waals surface area contributed by atoms with Gasteiger partial charge in [0.1, 0.15) is 0 Å². The van der Waals surface area contributed by atoms with E-state index in [-0.39, 0.29) is 5.56 Å². The number of nitrogens with one attached hydrogen (secondary N) is 2. The van der Waals surface area contributed by atoms with E-state index in [0.29, 0.717) is 5.39 Å². The topological polar surface area (TPSA) is 61.5 Å². The summed E-state index contributed by atoms with van der Waals surface area (Å²) in [5.41, 5.74) is 1.70. The van der Waals surface area contributed by atoms with Crippen LogP contribution in [0.5, 0.6) is 0 Å². The van der Waals surface area contributed by atoms with Crippen LogP contribution in [0.2, 0.25) is 0 Å². The molecule has 0 bridgehead atoms. The Balaban J connectivity index is 2.73. The lowest BCUT2D eigenvalue weighted by atomic mass is 10.2. The van der Waals surface area contributed by atoms with E-state index in [9.17, 15) is 4.79 Å². The summed E-state index contributed by atoms with van der Waals surface area (Å²) in [7, 11) is 0. The molecule has 0 aromatic carbocycles. The number of H-pyrrole nitrogens is 2. The van der Waals surface area contributed by atoms with Crippen molar-refractivity contribution in [2.24, 2.45) is 0 Å². The summed E-state index contributed by atoms with van der Waals surface area (Å²) in [6.45, 7) is 0. The second-order valence-electron chi connectivity index (χ2n) is 3.14. The maximum Gasteiger partial charge on any atom is 0.258 e. The maximum atomic E-state index is 11.6. The van der Waals surface area contributed by atoms with Gasteiger partial charge in [0.05, 0.1) is 10.9 Å². The van der Waals surface area contributed by atoms with Crippen LogP contribution in [0.15, 0.2) is 35.5 Å². The molecule has 3 aromatic rings. The van der Waals surface area contributed by atoms with Crippen LogP contribution in [-0.2, 0) is 0 Å². The minimum atomic E-state index is -0.0817. The van der Waals surface area contributed by atoms with Crippen molar-refractivity contribution in [3.63, 3.8) is 0 Å². The molecule has 4 nitrogen and oxygen atoms in total. The largest absolute Gasteiger partial charge is 0.354 e. The SMILES string of the molecule is O=c1[nH]ccc2[nH]c3ccncc3c12. The van der Waals surface area contributed by atoms with E-state index in [4.69, 9.17) is 0 Å². The van der Waals surface area contributed by atoms with Gasteiger partial charge < -0.3 is 9.97 Å². The van der Waals surface area contributed by atoms with Crippen molar-refractivity contribution >= 4 is 21.8 Å². The Morgan fingerprint density at radius 1 is 1.21 bits per heavy atom. The molecule has 0 saturated heterocycles. The smallest absolute Gasteiger partial charge is 0.258 e. The minimum Gasteiger partial charge on any atom is -0.354 e. The van der Waals surface area contributed by atoms with Crippen molar-refractivity contribution in [3.05, 3.63) is 41.1 Å². The summed E-state index contributed by atoms with van der Waals surface area (Å²) in [5.74, 6) is 0. The van der Waals surface area contributed by atoms with Gasteiger partial charge in [-0.25, -0.2) is 0 Å². The Morgan fingerprint density at radius 2 is 2.14 bits per heavy atom. The van der Waals surface area contributed by atoms with Gasteiger partial charge in [-0.1, -0.05) is 0 Å². The van der Waals surface area contributed by atoms with E-state index in [2.05, 4.69) is 15.0 Å². The van der Waals surface area contributed by atoms with Crippen LogP contribution in [0, 0.1) is 0 Å². The molecule has 68 valence electrons. The number of fused-ring (bicyclic) bond motifs is 3. The Kier molecular flexibility index (Phi) is 1.28. The summed E-state index contributed by atoms with van der Waals surface area (Å²) < 4.78 is 0. The first kappa shape index (κ1) is 7.32. The normalized spacial score (nSPS) is 11.1. The first-order chi connectivity index (χ1) is 6.86. The number of aromatic amines is 2. The predicted molar refractivity (Wildman–Crippen MR) is 54.2 cm³/mol. The third-order valence-electron chi connectivity index (χ3n) is 2.32. The Morgan fingerprint density at radius 3 is 3.07 bits per heavy atom. The fourth-order valence-corrected chi connectivity index (χ4v) is 1.70. The van der Waals surface area contributed by atoms with Crippen LogP contribution in [0.4, 0.5) is 0 Å². The molecular weight excluding hydrogens is 178 g/mol. The van der Waals surface area contributed by atoms with Crippen LogP contribution in [-0.4, -0.2) is 15.0 Å². The molecule has 0 aliphatic heterocycles. The Hall–Kier alpha value is -2.10. The Bertz CT molecular complexity index is 665. The fraction of sp³-hybridized carbons (Fsp3) is 0. The van der Waals surface area contributed by atoms with Crippen LogP contribution in [0.1, 0.15) is 0 Å². The zero-order valence-corrected chi connectivity index (χ0v) is 7.24. The molecule has 14 heavy (non-hydrogen) atoms. The molecule has 2 N–H and O–H groups in total. The highest BCUT2D eigenvalue weighted by atomic mass is 16.1. The predicted octanol–water partition coefficient (Wildman–Crippen LogP) is 1.40. The summed E-state index contributed by atoms with van der Waals surface area (Å²) in [6.07, 6.45) is 5.03. The first-order valence-electron chi connectivity index (χ1n) is 4.29. The number of aromatic nitrogens is 3. The maximum absolute atomic E-state index is 11.6. The molecule has 0 atom stereocenters. The van der Waals surface area contributed by atoms with Crippen LogP contribution >= 0.6 is 0 Å². The molecule has 0 spiro atoms. The number of pyridine rings is 2. The first-order valence-corrected chi connectivity index (χ1v) is 4.29. The lowest BCUT2D eigenvalue weighted by Crippen LogP contribution is -2.02. The zero-order chi connectivity index (χ0) is 9.54. The highest BCUT2D eigenvalue weighted by molar-refractivity contribution is 6.05. The molecule has 0 aliphatic rings.